The van der Waals surface area contributed by atoms with Gasteiger partial charge in [0.2, 0.25) is 0 Å². The highest BCUT2D eigenvalue weighted by Crippen LogP contribution is 2.32. The lowest BCUT2D eigenvalue weighted by Crippen LogP contribution is -2.29. The maximum atomic E-state index is 12.5. The van der Waals surface area contributed by atoms with Crippen molar-refractivity contribution >= 4 is 30.7 Å². The van der Waals surface area contributed by atoms with E-state index in [9.17, 15) is 4.79 Å². The van der Waals surface area contributed by atoms with Gasteiger partial charge in [0.15, 0.2) is 0 Å². The summed E-state index contributed by atoms with van der Waals surface area (Å²) in [7, 11) is 0. The molecule has 4 nitrogen and oxygen atoms in total. The molecule has 1 fully saturated rings. The predicted molar refractivity (Wildman–Crippen MR) is 96.4 cm³/mol. The lowest BCUT2D eigenvalue weighted by molar-refractivity contribution is 0.0786. The van der Waals surface area contributed by atoms with Gasteiger partial charge in [0.25, 0.3) is 5.91 Å². The van der Waals surface area contributed by atoms with E-state index < -0.39 is 0 Å². The van der Waals surface area contributed by atoms with Gasteiger partial charge in [-0.3, -0.25) is 9.78 Å². The third-order valence-electron chi connectivity index (χ3n) is 4.19. The number of likely N-dealkylation sites (tertiary alicyclic amines) is 1. The van der Waals surface area contributed by atoms with Crippen molar-refractivity contribution in [3.05, 3.63) is 66.0 Å². The van der Waals surface area contributed by atoms with Crippen LogP contribution in [0.15, 0.2) is 54.9 Å². The first-order chi connectivity index (χ1) is 10.3. The Morgan fingerprint density at radius 3 is 2.35 bits per heavy atom. The molecule has 0 saturated carbocycles. The topological polar surface area (TPSA) is 59.2 Å². The standard InChI is InChI=1S/C17H19N3O.2ClH/c18-10-15-11-20(17(21)14-6-8-19-9-7-14)12-16(15)13-4-2-1-3-5-13;;/h1-9,15-16H,10-12,18H2;2*1H/t15-,16+;;/m1../s1. The second-order valence-electron chi connectivity index (χ2n) is 5.46. The molecule has 1 aliphatic rings. The summed E-state index contributed by atoms with van der Waals surface area (Å²) in [5.41, 5.74) is 7.87. The number of nitrogens with two attached hydrogens (primary N) is 1. The Morgan fingerprint density at radius 2 is 1.74 bits per heavy atom. The Kier molecular flexibility index (Phi) is 7.49. The molecule has 1 aliphatic heterocycles. The fourth-order valence-electron chi connectivity index (χ4n) is 3.03. The Morgan fingerprint density at radius 1 is 1.09 bits per heavy atom. The molecule has 1 aromatic carbocycles. The lowest BCUT2D eigenvalue weighted by atomic mass is 9.89. The molecular formula is C17H21Cl2N3O. The summed E-state index contributed by atoms with van der Waals surface area (Å²) in [4.78, 5) is 18.4. The van der Waals surface area contributed by atoms with Gasteiger partial charge in [-0.1, -0.05) is 30.3 Å². The van der Waals surface area contributed by atoms with E-state index in [1.807, 2.05) is 23.1 Å². The van der Waals surface area contributed by atoms with Crippen molar-refractivity contribution in [2.75, 3.05) is 19.6 Å². The molecule has 1 aromatic heterocycles. The molecule has 0 unspecified atom stereocenters. The third kappa shape index (κ3) is 4.22. The fraction of sp³-hybridized carbons (Fsp3) is 0.294. The minimum atomic E-state index is 0. The van der Waals surface area contributed by atoms with E-state index >= 15 is 0 Å². The number of pyridine rings is 1. The van der Waals surface area contributed by atoms with Crippen molar-refractivity contribution in [3.63, 3.8) is 0 Å². The zero-order valence-electron chi connectivity index (χ0n) is 12.7. The molecule has 0 radical (unpaired) electrons. The predicted octanol–water partition coefficient (Wildman–Crippen LogP) is 2.74. The zero-order valence-corrected chi connectivity index (χ0v) is 14.3. The number of hydrogen-bond donors (Lipinski definition) is 1. The first-order valence-electron chi connectivity index (χ1n) is 7.24. The van der Waals surface area contributed by atoms with Crippen LogP contribution in [0.1, 0.15) is 21.8 Å². The second-order valence-corrected chi connectivity index (χ2v) is 5.46. The van der Waals surface area contributed by atoms with Gasteiger partial charge in [-0.25, -0.2) is 0 Å². The average Bonchev–Trinajstić information content (AvgIpc) is 3.00. The molecule has 2 heterocycles. The van der Waals surface area contributed by atoms with Crippen molar-refractivity contribution in [3.8, 4) is 0 Å². The van der Waals surface area contributed by atoms with E-state index in [1.165, 1.54) is 5.56 Å². The van der Waals surface area contributed by atoms with Crippen molar-refractivity contribution in [2.45, 2.75) is 5.92 Å². The highest BCUT2D eigenvalue weighted by Gasteiger charge is 2.35. The van der Waals surface area contributed by atoms with Crippen LogP contribution in [0, 0.1) is 5.92 Å². The van der Waals surface area contributed by atoms with Crippen LogP contribution in [-0.2, 0) is 0 Å². The molecular weight excluding hydrogens is 333 g/mol. The molecule has 124 valence electrons. The van der Waals surface area contributed by atoms with Gasteiger partial charge < -0.3 is 10.6 Å². The molecule has 6 heteroatoms. The number of hydrogen-bond acceptors (Lipinski definition) is 3. The number of carbonyl (C=O) groups excluding carboxylic acids is 1. The van der Waals surface area contributed by atoms with Gasteiger partial charge in [-0.2, -0.15) is 0 Å². The van der Waals surface area contributed by atoms with Gasteiger partial charge in [-0.15, -0.1) is 24.8 Å². The van der Waals surface area contributed by atoms with Crippen LogP contribution < -0.4 is 5.73 Å². The maximum Gasteiger partial charge on any atom is 0.253 e. The van der Waals surface area contributed by atoms with Gasteiger partial charge in [0.1, 0.15) is 0 Å². The van der Waals surface area contributed by atoms with Crippen LogP contribution in [0.4, 0.5) is 0 Å². The summed E-state index contributed by atoms with van der Waals surface area (Å²) in [5.74, 6) is 0.703. The van der Waals surface area contributed by atoms with Crippen LogP contribution >= 0.6 is 24.8 Å². The SMILES string of the molecule is Cl.Cl.NC[C@@H]1CN(C(=O)c2ccncc2)C[C@H]1c1ccccc1. The fourth-order valence-corrected chi connectivity index (χ4v) is 3.03. The number of benzene rings is 1. The van der Waals surface area contributed by atoms with Gasteiger partial charge in [0, 0.05) is 37.0 Å². The number of halogens is 2. The van der Waals surface area contributed by atoms with Gasteiger partial charge >= 0.3 is 0 Å². The summed E-state index contributed by atoms with van der Waals surface area (Å²) in [6, 6.07) is 13.8. The molecule has 23 heavy (non-hydrogen) atoms. The Balaban J connectivity index is 0.00000132. The quantitative estimate of drug-likeness (QED) is 0.922. The number of nitrogens with zero attached hydrogens (tertiary/aromatic N) is 2. The zero-order chi connectivity index (χ0) is 14.7. The minimum Gasteiger partial charge on any atom is -0.338 e. The van der Waals surface area contributed by atoms with E-state index in [1.54, 1.807) is 24.5 Å². The molecule has 3 rings (SSSR count). The third-order valence-corrected chi connectivity index (χ3v) is 4.19. The van der Waals surface area contributed by atoms with Crippen LogP contribution in [0.3, 0.4) is 0 Å². The summed E-state index contributed by atoms with van der Waals surface area (Å²) in [6.07, 6.45) is 3.30. The van der Waals surface area contributed by atoms with Gasteiger partial charge in [-0.05, 0) is 30.2 Å². The summed E-state index contributed by atoms with van der Waals surface area (Å²) < 4.78 is 0. The monoisotopic (exact) mass is 353 g/mol. The van der Waals surface area contributed by atoms with Crippen LogP contribution in [0.5, 0.6) is 0 Å². The lowest BCUT2D eigenvalue weighted by Gasteiger charge is -2.16. The molecule has 2 aromatic rings. The average molecular weight is 354 g/mol. The van der Waals surface area contributed by atoms with Crippen molar-refractivity contribution in [1.29, 1.82) is 0 Å². The van der Waals surface area contributed by atoms with Crippen molar-refractivity contribution in [1.82, 2.24) is 9.88 Å². The van der Waals surface area contributed by atoms with E-state index in [4.69, 9.17) is 5.73 Å². The van der Waals surface area contributed by atoms with E-state index in [0.717, 1.165) is 13.1 Å². The number of rotatable bonds is 3. The maximum absolute atomic E-state index is 12.5. The van der Waals surface area contributed by atoms with Crippen molar-refractivity contribution in [2.24, 2.45) is 11.7 Å². The largest absolute Gasteiger partial charge is 0.338 e. The van der Waals surface area contributed by atoms with Gasteiger partial charge in [0.05, 0.1) is 0 Å². The molecule has 0 bridgehead atoms. The summed E-state index contributed by atoms with van der Waals surface area (Å²) in [5, 5.41) is 0. The number of carbonyl (C=O) groups is 1. The van der Waals surface area contributed by atoms with Crippen molar-refractivity contribution < 1.29 is 4.79 Å². The molecule has 1 amide bonds. The van der Waals surface area contributed by atoms with Crippen LogP contribution in [0.2, 0.25) is 0 Å². The molecule has 1 saturated heterocycles. The Hall–Kier alpha value is -1.62. The first-order valence-corrected chi connectivity index (χ1v) is 7.24. The van der Waals surface area contributed by atoms with E-state index in [-0.39, 0.29) is 30.7 Å². The molecule has 2 atom stereocenters. The molecule has 0 aliphatic carbocycles. The minimum absolute atomic E-state index is 0. The normalized spacial score (nSPS) is 19.6. The highest BCUT2D eigenvalue weighted by atomic mass is 35.5. The second kappa shape index (κ2) is 8.87. The molecule has 2 N–H and O–H groups in total. The molecule has 0 spiro atoms. The van der Waals surface area contributed by atoms with E-state index in [0.29, 0.717) is 23.9 Å². The highest BCUT2D eigenvalue weighted by molar-refractivity contribution is 5.94. The van der Waals surface area contributed by atoms with Crippen LogP contribution in [0.25, 0.3) is 0 Å². The number of aromatic nitrogens is 1. The number of amides is 1. The Labute approximate surface area is 148 Å². The van der Waals surface area contributed by atoms with Crippen LogP contribution in [-0.4, -0.2) is 35.4 Å². The summed E-state index contributed by atoms with van der Waals surface area (Å²) >= 11 is 0. The smallest absolute Gasteiger partial charge is 0.253 e. The summed E-state index contributed by atoms with van der Waals surface area (Å²) in [6.45, 7) is 2.05. The Bertz CT molecular complexity index is 610. The van der Waals surface area contributed by atoms with E-state index in [2.05, 4.69) is 17.1 Å². The first kappa shape index (κ1) is 19.4.